The van der Waals surface area contributed by atoms with Gasteiger partial charge in [-0.25, -0.2) is 0 Å². The van der Waals surface area contributed by atoms with Crippen molar-refractivity contribution in [3.8, 4) is 6.07 Å². The number of benzene rings is 2. The molecule has 84 valence electrons. The van der Waals surface area contributed by atoms with Gasteiger partial charge < -0.3 is 5.11 Å². The first kappa shape index (κ1) is 10.3. The van der Waals surface area contributed by atoms with Crippen LogP contribution in [0.15, 0.2) is 42.5 Å². The monoisotopic (exact) mass is 223 g/mol. The normalized spacial score (nSPS) is 26.7. The second-order valence-corrected chi connectivity index (χ2v) is 4.69. The molecule has 2 nitrogen and oxygen atoms in total. The summed E-state index contributed by atoms with van der Waals surface area (Å²) < 4.78 is 0. The van der Waals surface area contributed by atoms with Crippen LogP contribution in [0.4, 0.5) is 0 Å². The summed E-state index contributed by atoms with van der Waals surface area (Å²) >= 11 is 0. The van der Waals surface area contributed by atoms with Gasteiger partial charge >= 0.3 is 0 Å². The van der Waals surface area contributed by atoms with Gasteiger partial charge in [-0.15, -0.1) is 0 Å². The highest BCUT2D eigenvalue weighted by molar-refractivity contribution is 5.87. The van der Waals surface area contributed by atoms with Gasteiger partial charge in [0.2, 0.25) is 0 Å². The van der Waals surface area contributed by atoms with Crippen LogP contribution in [0.3, 0.4) is 0 Å². The molecule has 1 saturated carbocycles. The number of rotatable bonds is 2. The van der Waals surface area contributed by atoms with Crippen LogP contribution in [0.2, 0.25) is 0 Å². The zero-order valence-corrected chi connectivity index (χ0v) is 9.43. The van der Waals surface area contributed by atoms with E-state index in [1.165, 1.54) is 0 Å². The molecule has 2 heteroatoms. The van der Waals surface area contributed by atoms with E-state index in [2.05, 4.69) is 24.3 Å². The van der Waals surface area contributed by atoms with E-state index in [-0.39, 0.29) is 12.5 Å². The highest BCUT2D eigenvalue weighted by Gasteiger charge is 2.56. The molecule has 2 atom stereocenters. The molecule has 1 aliphatic carbocycles. The van der Waals surface area contributed by atoms with Crippen molar-refractivity contribution in [2.24, 2.45) is 5.92 Å². The Kier molecular flexibility index (Phi) is 2.17. The molecule has 0 aromatic heterocycles. The van der Waals surface area contributed by atoms with Gasteiger partial charge in [0, 0.05) is 12.5 Å². The lowest BCUT2D eigenvalue weighted by molar-refractivity contribution is 0.269. The molecular formula is C15H13NO. The minimum atomic E-state index is -0.463. The van der Waals surface area contributed by atoms with Crippen LogP contribution in [-0.2, 0) is 5.41 Å². The SMILES string of the molecule is N#CC1(c2cccc3ccccc23)C[C@H]1CO. The number of hydrogen-bond acceptors (Lipinski definition) is 2. The summed E-state index contributed by atoms with van der Waals surface area (Å²) in [5.41, 5.74) is 0.604. The highest BCUT2D eigenvalue weighted by atomic mass is 16.3. The van der Waals surface area contributed by atoms with Crippen molar-refractivity contribution >= 4 is 10.8 Å². The Hall–Kier alpha value is -1.85. The quantitative estimate of drug-likeness (QED) is 0.850. The summed E-state index contributed by atoms with van der Waals surface area (Å²) in [5, 5.41) is 21.0. The second kappa shape index (κ2) is 3.58. The fourth-order valence-corrected chi connectivity index (χ4v) is 2.69. The van der Waals surface area contributed by atoms with Crippen LogP contribution in [0.5, 0.6) is 0 Å². The molecular weight excluding hydrogens is 210 g/mol. The summed E-state index contributed by atoms with van der Waals surface area (Å²) in [4.78, 5) is 0. The average Bonchev–Trinajstić information content (AvgIpc) is 3.13. The minimum Gasteiger partial charge on any atom is -0.396 e. The Morgan fingerprint density at radius 1 is 1.24 bits per heavy atom. The number of nitriles is 1. The van der Waals surface area contributed by atoms with Crippen molar-refractivity contribution < 1.29 is 5.11 Å². The summed E-state index contributed by atoms with van der Waals surface area (Å²) in [7, 11) is 0. The maximum Gasteiger partial charge on any atom is 0.0883 e. The Morgan fingerprint density at radius 3 is 2.71 bits per heavy atom. The van der Waals surface area contributed by atoms with Gasteiger partial charge in [0.1, 0.15) is 0 Å². The molecule has 1 fully saturated rings. The maximum atomic E-state index is 9.41. The fourth-order valence-electron chi connectivity index (χ4n) is 2.69. The molecule has 3 rings (SSSR count). The van der Waals surface area contributed by atoms with Crippen LogP contribution in [0, 0.1) is 17.2 Å². The summed E-state index contributed by atoms with van der Waals surface area (Å²) in [6.07, 6.45) is 0.772. The zero-order valence-electron chi connectivity index (χ0n) is 9.43. The smallest absolute Gasteiger partial charge is 0.0883 e. The maximum absolute atomic E-state index is 9.41. The zero-order chi connectivity index (χ0) is 11.9. The van der Waals surface area contributed by atoms with E-state index in [4.69, 9.17) is 0 Å². The third-order valence-electron chi connectivity index (χ3n) is 3.80. The summed E-state index contributed by atoms with van der Waals surface area (Å²) in [6, 6.07) is 16.6. The Labute approximate surface area is 100 Å². The number of nitrogens with zero attached hydrogens (tertiary/aromatic N) is 1. The van der Waals surface area contributed by atoms with Crippen molar-refractivity contribution in [2.45, 2.75) is 11.8 Å². The Balaban J connectivity index is 2.22. The number of hydrogen-bond donors (Lipinski definition) is 1. The first-order chi connectivity index (χ1) is 8.31. The van der Waals surface area contributed by atoms with E-state index in [0.29, 0.717) is 0 Å². The van der Waals surface area contributed by atoms with Crippen molar-refractivity contribution in [2.75, 3.05) is 6.61 Å². The van der Waals surface area contributed by atoms with E-state index < -0.39 is 5.41 Å². The Morgan fingerprint density at radius 2 is 2.00 bits per heavy atom. The highest BCUT2D eigenvalue weighted by Crippen LogP contribution is 2.55. The molecule has 0 radical (unpaired) electrons. The Bertz CT molecular complexity index is 608. The molecule has 0 saturated heterocycles. The lowest BCUT2D eigenvalue weighted by atomic mass is 9.90. The van der Waals surface area contributed by atoms with Gasteiger partial charge in [0.05, 0.1) is 11.5 Å². The number of fused-ring (bicyclic) bond motifs is 1. The number of aliphatic hydroxyl groups is 1. The van der Waals surface area contributed by atoms with E-state index in [9.17, 15) is 10.4 Å². The van der Waals surface area contributed by atoms with Crippen LogP contribution in [0.1, 0.15) is 12.0 Å². The van der Waals surface area contributed by atoms with Gasteiger partial charge in [-0.05, 0) is 22.8 Å². The molecule has 0 spiro atoms. The summed E-state index contributed by atoms with van der Waals surface area (Å²) in [5.74, 6) is 0.0957. The van der Waals surface area contributed by atoms with Gasteiger partial charge in [-0.2, -0.15) is 5.26 Å². The molecule has 17 heavy (non-hydrogen) atoms. The van der Waals surface area contributed by atoms with Crippen LogP contribution in [-0.4, -0.2) is 11.7 Å². The lowest BCUT2D eigenvalue weighted by Gasteiger charge is -2.12. The molecule has 0 amide bonds. The largest absolute Gasteiger partial charge is 0.396 e. The lowest BCUT2D eigenvalue weighted by Crippen LogP contribution is -2.09. The molecule has 0 bridgehead atoms. The third kappa shape index (κ3) is 1.36. The molecule has 1 unspecified atom stereocenters. The van der Waals surface area contributed by atoms with E-state index in [0.717, 1.165) is 22.8 Å². The first-order valence-corrected chi connectivity index (χ1v) is 5.82. The van der Waals surface area contributed by atoms with E-state index in [1.54, 1.807) is 0 Å². The predicted molar refractivity (Wildman–Crippen MR) is 66.4 cm³/mol. The van der Waals surface area contributed by atoms with Gasteiger partial charge in [0.25, 0.3) is 0 Å². The molecule has 0 aliphatic heterocycles. The van der Waals surface area contributed by atoms with Gasteiger partial charge in [0.15, 0.2) is 0 Å². The van der Waals surface area contributed by atoms with Crippen molar-refractivity contribution in [3.63, 3.8) is 0 Å². The van der Waals surface area contributed by atoms with E-state index >= 15 is 0 Å². The molecule has 0 heterocycles. The van der Waals surface area contributed by atoms with Crippen molar-refractivity contribution in [3.05, 3.63) is 48.0 Å². The third-order valence-corrected chi connectivity index (χ3v) is 3.80. The first-order valence-electron chi connectivity index (χ1n) is 5.82. The molecule has 1 aliphatic rings. The van der Waals surface area contributed by atoms with Gasteiger partial charge in [-0.3, -0.25) is 0 Å². The van der Waals surface area contributed by atoms with E-state index in [1.807, 2.05) is 24.3 Å². The van der Waals surface area contributed by atoms with Gasteiger partial charge in [-0.1, -0.05) is 42.5 Å². The predicted octanol–water partition coefficient (Wildman–Crippen LogP) is 2.61. The average molecular weight is 223 g/mol. The van der Waals surface area contributed by atoms with Crippen LogP contribution < -0.4 is 0 Å². The molecule has 2 aromatic carbocycles. The standard InChI is InChI=1S/C15H13NO/c16-10-15(8-12(15)9-17)14-7-3-5-11-4-1-2-6-13(11)14/h1-7,12,17H,8-9H2/t12-,15?/m0/s1. The molecule has 2 aromatic rings. The summed E-state index contributed by atoms with van der Waals surface area (Å²) in [6.45, 7) is 0.0940. The van der Waals surface area contributed by atoms with Crippen molar-refractivity contribution in [1.29, 1.82) is 5.26 Å². The topological polar surface area (TPSA) is 44.0 Å². The van der Waals surface area contributed by atoms with Crippen LogP contribution in [0.25, 0.3) is 10.8 Å². The van der Waals surface area contributed by atoms with Crippen molar-refractivity contribution in [1.82, 2.24) is 0 Å². The number of aliphatic hydroxyl groups excluding tert-OH is 1. The second-order valence-electron chi connectivity index (χ2n) is 4.69. The fraction of sp³-hybridized carbons (Fsp3) is 0.267. The minimum absolute atomic E-state index is 0.0940. The van der Waals surface area contributed by atoms with Crippen LogP contribution >= 0.6 is 0 Å². The molecule has 1 N–H and O–H groups in total.